The van der Waals surface area contributed by atoms with Crippen molar-refractivity contribution < 1.29 is 5.21 Å². The number of rotatable bonds is 3. The van der Waals surface area contributed by atoms with Crippen LogP contribution in [0.25, 0.3) is 5.65 Å². The molecule has 20 heavy (non-hydrogen) atoms. The molecule has 3 heterocycles. The van der Waals surface area contributed by atoms with Crippen molar-refractivity contribution in [1.29, 1.82) is 0 Å². The maximum Gasteiger partial charge on any atom is 0.201 e. The van der Waals surface area contributed by atoms with E-state index in [1.165, 1.54) is 24.2 Å². The molecule has 100 valence electrons. The lowest BCUT2D eigenvalue weighted by Crippen LogP contribution is -2.15. The Bertz CT molecular complexity index is 768. The van der Waals surface area contributed by atoms with Gasteiger partial charge in [-0.3, -0.25) is 4.40 Å². The van der Waals surface area contributed by atoms with Gasteiger partial charge in [0.25, 0.3) is 0 Å². The molecule has 3 N–H and O–H groups in total. The van der Waals surface area contributed by atoms with Gasteiger partial charge in [0, 0.05) is 6.20 Å². The van der Waals surface area contributed by atoms with Gasteiger partial charge in [-0.1, -0.05) is 11.2 Å². The summed E-state index contributed by atoms with van der Waals surface area (Å²) < 4.78 is 1.85. The summed E-state index contributed by atoms with van der Waals surface area (Å²) in [6.07, 6.45) is 4.83. The van der Waals surface area contributed by atoms with E-state index in [0.717, 1.165) is 5.65 Å². The topological polar surface area (TPSA) is 115 Å². The molecule has 0 bridgehead atoms. The number of hydrogen-bond acceptors (Lipinski definition) is 7. The summed E-state index contributed by atoms with van der Waals surface area (Å²) in [5.41, 5.74) is 6.49. The Morgan fingerprint density at radius 2 is 2.15 bits per heavy atom. The van der Waals surface area contributed by atoms with Crippen molar-refractivity contribution >= 4 is 23.2 Å². The highest BCUT2D eigenvalue weighted by Gasteiger charge is 2.09. The number of amidine groups is 1. The lowest BCUT2D eigenvalue weighted by molar-refractivity contribution is 0.318. The largest absolute Gasteiger partial charge is 0.409 e. The van der Waals surface area contributed by atoms with Gasteiger partial charge in [-0.2, -0.15) is 0 Å². The summed E-state index contributed by atoms with van der Waals surface area (Å²) >= 11 is 1.32. The summed E-state index contributed by atoms with van der Waals surface area (Å²) in [4.78, 5) is 8.23. The molecule has 0 aliphatic carbocycles. The molecule has 0 atom stereocenters. The average Bonchev–Trinajstić information content (AvgIpc) is 2.91. The first-order chi connectivity index (χ1) is 9.78. The zero-order valence-corrected chi connectivity index (χ0v) is 10.9. The third-order valence-electron chi connectivity index (χ3n) is 2.48. The number of aromatic nitrogens is 5. The van der Waals surface area contributed by atoms with Crippen molar-refractivity contribution in [2.75, 3.05) is 0 Å². The van der Waals surface area contributed by atoms with Crippen LogP contribution in [-0.4, -0.2) is 35.6 Å². The smallest absolute Gasteiger partial charge is 0.201 e. The quantitative estimate of drug-likeness (QED) is 0.316. The Balaban J connectivity index is 1.88. The van der Waals surface area contributed by atoms with E-state index in [0.29, 0.717) is 15.9 Å². The maximum absolute atomic E-state index is 8.55. The highest BCUT2D eigenvalue weighted by atomic mass is 32.2. The van der Waals surface area contributed by atoms with Crippen molar-refractivity contribution in [1.82, 2.24) is 24.6 Å². The maximum atomic E-state index is 8.55. The van der Waals surface area contributed by atoms with Gasteiger partial charge < -0.3 is 10.9 Å². The lowest BCUT2D eigenvalue weighted by Gasteiger charge is -2.00. The fraction of sp³-hybridized carbons (Fsp3) is 0. The van der Waals surface area contributed by atoms with Gasteiger partial charge in [0.1, 0.15) is 10.7 Å². The SMILES string of the molecule is NC(=NO)c1cnc(Sc2nnc3ccccn23)cn1. The molecular formula is C11H9N7OS. The molecule has 0 aliphatic heterocycles. The van der Waals surface area contributed by atoms with Crippen molar-refractivity contribution in [3.05, 3.63) is 42.5 Å². The second-order valence-electron chi connectivity index (χ2n) is 3.74. The Hall–Kier alpha value is -2.68. The minimum atomic E-state index is -0.0815. The highest BCUT2D eigenvalue weighted by molar-refractivity contribution is 7.99. The summed E-state index contributed by atoms with van der Waals surface area (Å²) in [7, 11) is 0. The van der Waals surface area contributed by atoms with Crippen molar-refractivity contribution in [3.63, 3.8) is 0 Å². The van der Waals surface area contributed by atoms with E-state index in [9.17, 15) is 0 Å². The molecule has 3 aromatic heterocycles. The van der Waals surface area contributed by atoms with E-state index in [1.54, 1.807) is 0 Å². The third-order valence-corrected chi connectivity index (χ3v) is 3.36. The minimum Gasteiger partial charge on any atom is -0.409 e. The number of hydrogen-bond donors (Lipinski definition) is 2. The van der Waals surface area contributed by atoms with Crippen LogP contribution in [0.2, 0.25) is 0 Å². The number of nitrogens with zero attached hydrogens (tertiary/aromatic N) is 6. The molecule has 0 radical (unpaired) electrons. The van der Waals surface area contributed by atoms with Gasteiger partial charge in [-0.05, 0) is 23.9 Å². The first-order valence-electron chi connectivity index (χ1n) is 5.55. The van der Waals surface area contributed by atoms with Crippen LogP contribution in [0.5, 0.6) is 0 Å². The van der Waals surface area contributed by atoms with Gasteiger partial charge in [0.15, 0.2) is 11.5 Å². The molecular weight excluding hydrogens is 278 g/mol. The van der Waals surface area contributed by atoms with Gasteiger partial charge in [0.05, 0.1) is 12.4 Å². The van der Waals surface area contributed by atoms with Gasteiger partial charge >= 0.3 is 0 Å². The van der Waals surface area contributed by atoms with Gasteiger partial charge in [0.2, 0.25) is 5.16 Å². The molecule has 3 aromatic rings. The van der Waals surface area contributed by atoms with Crippen molar-refractivity contribution in [2.24, 2.45) is 10.9 Å². The second-order valence-corrected chi connectivity index (χ2v) is 4.73. The minimum absolute atomic E-state index is 0.0815. The van der Waals surface area contributed by atoms with Gasteiger partial charge in [-0.15, -0.1) is 10.2 Å². The fourth-order valence-corrected chi connectivity index (χ4v) is 2.27. The Morgan fingerprint density at radius 1 is 1.25 bits per heavy atom. The van der Waals surface area contributed by atoms with Crippen LogP contribution in [-0.2, 0) is 0 Å². The summed E-state index contributed by atoms with van der Waals surface area (Å²) in [6.45, 7) is 0. The van der Waals surface area contributed by atoms with Crippen LogP contribution < -0.4 is 5.73 Å². The van der Waals surface area contributed by atoms with Gasteiger partial charge in [-0.25, -0.2) is 9.97 Å². The van der Waals surface area contributed by atoms with E-state index in [-0.39, 0.29) is 5.84 Å². The molecule has 3 rings (SSSR count). The summed E-state index contributed by atoms with van der Waals surface area (Å²) in [6, 6.07) is 5.65. The van der Waals surface area contributed by atoms with E-state index < -0.39 is 0 Å². The molecule has 0 saturated carbocycles. The van der Waals surface area contributed by atoms with E-state index in [2.05, 4.69) is 25.3 Å². The second kappa shape index (κ2) is 5.13. The monoisotopic (exact) mass is 287 g/mol. The predicted octanol–water partition coefficient (Wildman–Crippen LogP) is 0.765. The molecule has 0 unspecified atom stereocenters. The Morgan fingerprint density at radius 3 is 2.90 bits per heavy atom. The molecule has 0 saturated heterocycles. The molecule has 0 spiro atoms. The van der Waals surface area contributed by atoms with Crippen LogP contribution >= 0.6 is 11.8 Å². The molecule has 0 aliphatic rings. The molecule has 0 aromatic carbocycles. The molecule has 9 heteroatoms. The zero-order chi connectivity index (χ0) is 13.9. The van der Waals surface area contributed by atoms with Crippen molar-refractivity contribution in [2.45, 2.75) is 10.2 Å². The van der Waals surface area contributed by atoms with E-state index in [4.69, 9.17) is 10.9 Å². The zero-order valence-electron chi connectivity index (χ0n) is 10.1. The standard InChI is InChI=1S/C11H9N7OS/c12-10(17-19)7-5-14-9(6-13-7)20-11-16-15-8-3-1-2-4-18(8)11/h1-6,19H,(H2,12,17). The number of oxime groups is 1. The molecule has 0 amide bonds. The number of pyridine rings is 1. The Labute approximate surface area is 117 Å². The van der Waals surface area contributed by atoms with E-state index in [1.807, 2.05) is 28.8 Å². The van der Waals surface area contributed by atoms with Crippen LogP contribution in [0.15, 0.2) is 52.1 Å². The fourth-order valence-electron chi connectivity index (χ4n) is 1.54. The number of fused-ring (bicyclic) bond motifs is 1. The molecule has 0 fully saturated rings. The predicted molar refractivity (Wildman–Crippen MR) is 71.7 cm³/mol. The average molecular weight is 287 g/mol. The van der Waals surface area contributed by atoms with Crippen LogP contribution in [0.3, 0.4) is 0 Å². The first-order valence-corrected chi connectivity index (χ1v) is 6.37. The third kappa shape index (κ3) is 2.26. The number of nitrogens with two attached hydrogens (primary N) is 1. The van der Waals surface area contributed by atoms with Crippen LogP contribution in [0.1, 0.15) is 5.69 Å². The van der Waals surface area contributed by atoms with E-state index >= 15 is 0 Å². The molecule has 8 nitrogen and oxygen atoms in total. The lowest BCUT2D eigenvalue weighted by atomic mass is 10.4. The summed E-state index contributed by atoms with van der Waals surface area (Å²) in [5, 5.41) is 20.9. The van der Waals surface area contributed by atoms with Crippen molar-refractivity contribution in [3.8, 4) is 0 Å². The summed E-state index contributed by atoms with van der Waals surface area (Å²) in [5.74, 6) is -0.0815. The highest BCUT2D eigenvalue weighted by Crippen LogP contribution is 2.23. The Kier molecular flexibility index (Phi) is 3.17. The normalized spacial score (nSPS) is 11.9. The first kappa shape index (κ1) is 12.4. The van der Waals surface area contributed by atoms with Crippen LogP contribution in [0, 0.1) is 0 Å². The van der Waals surface area contributed by atoms with Crippen LogP contribution in [0.4, 0.5) is 0 Å².